The van der Waals surface area contributed by atoms with Gasteiger partial charge in [0.05, 0.1) is 5.69 Å². The maximum absolute atomic E-state index is 4.48. The summed E-state index contributed by atoms with van der Waals surface area (Å²) in [4.78, 5) is 11.3. The van der Waals surface area contributed by atoms with E-state index in [1.165, 1.54) is 23.5 Å². The molecule has 86 valence electrons. The SMILES string of the molecule is CC1CCN(c2ncnc3c2CNCC3)C1. The van der Waals surface area contributed by atoms with Gasteiger partial charge in [-0.05, 0) is 12.3 Å². The molecule has 1 aromatic heterocycles. The summed E-state index contributed by atoms with van der Waals surface area (Å²) < 4.78 is 0. The summed E-state index contributed by atoms with van der Waals surface area (Å²) in [7, 11) is 0. The average molecular weight is 218 g/mol. The van der Waals surface area contributed by atoms with Crippen LogP contribution < -0.4 is 10.2 Å². The van der Waals surface area contributed by atoms with E-state index in [2.05, 4.69) is 27.1 Å². The van der Waals surface area contributed by atoms with E-state index < -0.39 is 0 Å². The average Bonchev–Trinajstić information content (AvgIpc) is 2.75. The highest BCUT2D eigenvalue weighted by Gasteiger charge is 2.24. The highest BCUT2D eigenvalue weighted by Crippen LogP contribution is 2.27. The predicted octanol–water partition coefficient (Wildman–Crippen LogP) is 0.968. The maximum atomic E-state index is 4.48. The Morgan fingerprint density at radius 3 is 3.19 bits per heavy atom. The second-order valence-corrected chi connectivity index (χ2v) is 4.89. The van der Waals surface area contributed by atoms with E-state index >= 15 is 0 Å². The Hall–Kier alpha value is -1.16. The third-order valence-electron chi connectivity index (χ3n) is 3.58. The van der Waals surface area contributed by atoms with Crippen molar-refractivity contribution in [3.05, 3.63) is 17.6 Å². The van der Waals surface area contributed by atoms with Crippen LogP contribution in [0.15, 0.2) is 6.33 Å². The standard InChI is InChI=1S/C12H18N4/c1-9-3-5-16(7-9)12-10-6-13-4-2-11(10)14-8-15-12/h8-9,13H,2-7H2,1H3. The van der Waals surface area contributed by atoms with E-state index in [0.29, 0.717) is 0 Å². The van der Waals surface area contributed by atoms with Crippen molar-refractivity contribution in [3.63, 3.8) is 0 Å². The fraction of sp³-hybridized carbons (Fsp3) is 0.667. The molecule has 0 spiro atoms. The maximum Gasteiger partial charge on any atom is 0.136 e. The number of rotatable bonds is 1. The Morgan fingerprint density at radius 2 is 2.38 bits per heavy atom. The highest BCUT2D eigenvalue weighted by atomic mass is 15.2. The Morgan fingerprint density at radius 1 is 1.44 bits per heavy atom. The van der Waals surface area contributed by atoms with Crippen LogP contribution in [0, 0.1) is 5.92 Å². The largest absolute Gasteiger partial charge is 0.356 e. The van der Waals surface area contributed by atoms with Gasteiger partial charge in [-0.1, -0.05) is 6.92 Å². The van der Waals surface area contributed by atoms with Crippen molar-refractivity contribution in [2.24, 2.45) is 5.92 Å². The van der Waals surface area contributed by atoms with Crippen LogP contribution in [0.1, 0.15) is 24.6 Å². The van der Waals surface area contributed by atoms with Crippen molar-refractivity contribution >= 4 is 5.82 Å². The number of anilines is 1. The summed E-state index contributed by atoms with van der Waals surface area (Å²) in [6, 6.07) is 0. The van der Waals surface area contributed by atoms with E-state index in [9.17, 15) is 0 Å². The van der Waals surface area contributed by atoms with Gasteiger partial charge in [-0.3, -0.25) is 0 Å². The number of nitrogens with zero attached hydrogens (tertiary/aromatic N) is 3. The molecule has 3 rings (SSSR count). The molecule has 0 amide bonds. The smallest absolute Gasteiger partial charge is 0.136 e. The highest BCUT2D eigenvalue weighted by molar-refractivity contribution is 5.50. The van der Waals surface area contributed by atoms with E-state index in [1.54, 1.807) is 6.33 Å². The van der Waals surface area contributed by atoms with Gasteiger partial charge in [-0.2, -0.15) is 0 Å². The van der Waals surface area contributed by atoms with Crippen LogP contribution in [0.5, 0.6) is 0 Å². The van der Waals surface area contributed by atoms with Crippen LogP contribution in [0.4, 0.5) is 5.82 Å². The van der Waals surface area contributed by atoms with Crippen LogP contribution in [0.25, 0.3) is 0 Å². The molecule has 1 atom stereocenters. The number of hydrogen-bond acceptors (Lipinski definition) is 4. The molecule has 0 aliphatic carbocycles. The molecule has 0 saturated carbocycles. The van der Waals surface area contributed by atoms with Gasteiger partial charge in [-0.15, -0.1) is 0 Å². The monoisotopic (exact) mass is 218 g/mol. The molecular formula is C12H18N4. The van der Waals surface area contributed by atoms with E-state index in [1.807, 2.05) is 0 Å². The summed E-state index contributed by atoms with van der Waals surface area (Å²) >= 11 is 0. The van der Waals surface area contributed by atoms with Gasteiger partial charge in [-0.25, -0.2) is 9.97 Å². The van der Waals surface area contributed by atoms with Crippen molar-refractivity contribution in [2.75, 3.05) is 24.5 Å². The van der Waals surface area contributed by atoms with Crippen LogP contribution in [0.2, 0.25) is 0 Å². The first-order valence-electron chi connectivity index (χ1n) is 6.13. The molecular weight excluding hydrogens is 200 g/mol. The van der Waals surface area contributed by atoms with Crippen molar-refractivity contribution in [2.45, 2.75) is 26.3 Å². The fourth-order valence-corrected chi connectivity index (χ4v) is 2.65. The molecule has 2 aliphatic heterocycles. The molecule has 1 saturated heterocycles. The minimum absolute atomic E-state index is 0.794. The topological polar surface area (TPSA) is 41.1 Å². The molecule has 1 unspecified atom stereocenters. The lowest BCUT2D eigenvalue weighted by atomic mass is 10.1. The summed E-state index contributed by atoms with van der Waals surface area (Å²) in [6.07, 6.45) is 4.04. The third kappa shape index (κ3) is 1.67. The first-order valence-corrected chi connectivity index (χ1v) is 6.13. The third-order valence-corrected chi connectivity index (χ3v) is 3.58. The first-order chi connectivity index (χ1) is 7.84. The van der Waals surface area contributed by atoms with Crippen molar-refractivity contribution in [3.8, 4) is 0 Å². The number of aromatic nitrogens is 2. The van der Waals surface area contributed by atoms with E-state index in [-0.39, 0.29) is 0 Å². The van der Waals surface area contributed by atoms with Crippen molar-refractivity contribution < 1.29 is 0 Å². The Labute approximate surface area is 96.1 Å². The number of hydrogen-bond donors (Lipinski definition) is 1. The minimum Gasteiger partial charge on any atom is -0.356 e. The minimum atomic E-state index is 0.794. The normalized spacial score (nSPS) is 24.6. The molecule has 2 aliphatic rings. The lowest BCUT2D eigenvalue weighted by molar-refractivity contribution is 0.621. The molecule has 0 bridgehead atoms. The zero-order valence-corrected chi connectivity index (χ0v) is 9.74. The second-order valence-electron chi connectivity index (χ2n) is 4.89. The molecule has 4 heteroatoms. The summed E-state index contributed by atoms with van der Waals surface area (Å²) in [5.41, 5.74) is 2.56. The van der Waals surface area contributed by atoms with Gasteiger partial charge < -0.3 is 10.2 Å². The molecule has 1 N–H and O–H groups in total. The van der Waals surface area contributed by atoms with Gasteiger partial charge in [0, 0.05) is 38.2 Å². The molecule has 3 heterocycles. The van der Waals surface area contributed by atoms with Gasteiger partial charge >= 0.3 is 0 Å². The van der Waals surface area contributed by atoms with Crippen LogP contribution in [-0.2, 0) is 13.0 Å². The van der Waals surface area contributed by atoms with Crippen LogP contribution in [-0.4, -0.2) is 29.6 Å². The van der Waals surface area contributed by atoms with Gasteiger partial charge in [0.15, 0.2) is 0 Å². The predicted molar refractivity (Wildman–Crippen MR) is 63.4 cm³/mol. The van der Waals surface area contributed by atoms with Gasteiger partial charge in [0.2, 0.25) is 0 Å². The lowest BCUT2D eigenvalue weighted by Gasteiger charge is -2.24. The molecule has 1 fully saturated rings. The van der Waals surface area contributed by atoms with Crippen LogP contribution in [0.3, 0.4) is 0 Å². The number of fused-ring (bicyclic) bond motifs is 1. The van der Waals surface area contributed by atoms with Gasteiger partial charge in [0.1, 0.15) is 12.1 Å². The number of nitrogens with one attached hydrogen (secondary N) is 1. The Bertz CT molecular complexity index is 391. The van der Waals surface area contributed by atoms with Crippen molar-refractivity contribution in [1.29, 1.82) is 0 Å². The van der Waals surface area contributed by atoms with Gasteiger partial charge in [0.25, 0.3) is 0 Å². The second kappa shape index (κ2) is 4.01. The summed E-state index contributed by atoms with van der Waals surface area (Å²) in [5.74, 6) is 1.96. The molecule has 0 aromatic carbocycles. The lowest BCUT2D eigenvalue weighted by Crippen LogP contribution is -2.29. The van der Waals surface area contributed by atoms with Crippen molar-refractivity contribution in [1.82, 2.24) is 15.3 Å². The van der Waals surface area contributed by atoms with E-state index in [0.717, 1.165) is 38.5 Å². The van der Waals surface area contributed by atoms with E-state index in [4.69, 9.17) is 0 Å². The quantitative estimate of drug-likeness (QED) is 0.762. The van der Waals surface area contributed by atoms with Crippen LogP contribution >= 0.6 is 0 Å². The molecule has 0 radical (unpaired) electrons. The first kappa shape index (κ1) is 10.0. The zero-order valence-electron chi connectivity index (χ0n) is 9.74. The molecule has 16 heavy (non-hydrogen) atoms. The zero-order chi connectivity index (χ0) is 11.0. The molecule has 4 nitrogen and oxygen atoms in total. The molecule has 1 aromatic rings. The Kier molecular flexibility index (Phi) is 2.52. The summed E-state index contributed by atoms with van der Waals surface area (Å²) in [6.45, 7) is 6.57. The fourth-order valence-electron chi connectivity index (χ4n) is 2.65. The Balaban J connectivity index is 1.94. The summed E-state index contributed by atoms with van der Waals surface area (Å²) in [5, 5.41) is 3.41.